The van der Waals surface area contributed by atoms with Crippen LogP contribution in [-0.2, 0) is 5.60 Å². The standard InChI is InChI=1S/C24H28N2O3/c1-17-7-9-19(10-8-17)24(28)11-14-26(15-12-24)16-13-25-23(27)22-18(2)20-5-3-4-6-21(20)29-22/h3-10,28H,11-16H2,1-2H3,(H,25,27). The number of piperidine rings is 1. The van der Waals surface area contributed by atoms with Crippen LogP contribution in [0.4, 0.5) is 0 Å². The number of amides is 1. The van der Waals surface area contributed by atoms with Crippen LogP contribution < -0.4 is 5.32 Å². The number of benzene rings is 2. The summed E-state index contributed by atoms with van der Waals surface area (Å²) in [7, 11) is 0. The number of nitrogens with zero attached hydrogens (tertiary/aromatic N) is 1. The van der Waals surface area contributed by atoms with Crippen molar-refractivity contribution in [2.24, 2.45) is 0 Å². The number of para-hydroxylation sites is 1. The summed E-state index contributed by atoms with van der Waals surface area (Å²) in [6, 6.07) is 15.9. The number of carbonyl (C=O) groups is 1. The lowest BCUT2D eigenvalue weighted by Gasteiger charge is -2.38. The van der Waals surface area contributed by atoms with E-state index in [2.05, 4.69) is 29.3 Å². The quantitative estimate of drug-likeness (QED) is 0.694. The van der Waals surface area contributed by atoms with Gasteiger partial charge < -0.3 is 19.7 Å². The molecule has 5 nitrogen and oxygen atoms in total. The highest BCUT2D eigenvalue weighted by atomic mass is 16.3. The van der Waals surface area contributed by atoms with Crippen molar-refractivity contribution in [1.82, 2.24) is 10.2 Å². The van der Waals surface area contributed by atoms with Crippen LogP contribution in [0.5, 0.6) is 0 Å². The average Bonchev–Trinajstić information content (AvgIpc) is 3.07. The summed E-state index contributed by atoms with van der Waals surface area (Å²) in [4.78, 5) is 14.8. The van der Waals surface area contributed by atoms with Gasteiger partial charge in [0.15, 0.2) is 5.76 Å². The SMILES string of the molecule is Cc1ccc(C2(O)CCN(CCNC(=O)c3oc4ccccc4c3C)CC2)cc1. The number of carbonyl (C=O) groups excluding carboxylic acids is 1. The Bertz CT molecular complexity index is 999. The summed E-state index contributed by atoms with van der Waals surface area (Å²) >= 11 is 0. The van der Waals surface area contributed by atoms with Gasteiger partial charge in [0.1, 0.15) is 5.58 Å². The molecule has 1 saturated heterocycles. The molecule has 0 aliphatic carbocycles. The molecule has 1 fully saturated rings. The van der Waals surface area contributed by atoms with E-state index in [-0.39, 0.29) is 5.91 Å². The van der Waals surface area contributed by atoms with E-state index in [1.165, 1.54) is 5.56 Å². The Hall–Kier alpha value is -2.63. The molecule has 2 N–H and O–H groups in total. The second kappa shape index (κ2) is 8.01. The summed E-state index contributed by atoms with van der Waals surface area (Å²) in [5.74, 6) is 0.213. The van der Waals surface area contributed by atoms with Crippen molar-refractivity contribution in [2.45, 2.75) is 32.3 Å². The maximum atomic E-state index is 12.5. The molecule has 0 saturated carbocycles. The molecule has 1 aliphatic rings. The van der Waals surface area contributed by atoms with Crippen molar-refractivity contribution in [3.63, 3.8) is 0 Å². The van der Waals surface area contributed by atoms with Gasteiger partial charge in [0.2, 0.25) is 0 Å². The van der Waals surface area contributed by atoms with Gasteiger partial charge in [-0.05, 0) is 38.3 Å². The van der Waals surface area contributed by atoms with Crippen LogP contribution >= 0.6 is 0 Å². The minimum atomic E-state index is -0.751. The Kier molecular flexibility index (Phi) is 5.43. The van der Waals surface area contributed by atoms with Crippen LogP contribution in [0.25, 0.3) is 11.0 Å². The van der Waals surface area contributed by atoms with Crippen molar-refractivity contribution < 1.29 is 14.3 Å². The number of nitrogens with one attached hydrogen (secondary N) is 1. The number of aliphatic hydroxyl groups is 1. The van der Waals surface area contributed by atoms with Crippen LogP contribution in [0.1, 0.15) is 40.1 Å². The second-order valence-corrected chi connectivity index (χ2v) is 8.05. The maximum Gasteiger partial charge on any atom is 0.287 e. The molecule has 5 heteroatoms. The van der Waals surface area contributed by atoms with Crippen LogP contribution in [0, 0.1) is 13.8 Å². The van der Waals surface area contributed by atoms with Gasteiger partial charge in [-0.25, -0.2) is 0 Å². The zero-order valence-electron chi connectivity index (χ0n) is 17.1. The molecule has 152 valence electrons. The highest BCUT2D eigenvalue weighted by Crippen LogP contribution is 2.32. The van der Waals surface area contributed by atoms with E-state index in [1.54, 1.807) is 0 Å². The zero-order chi connectivity index (χ0) is 20.4. The Morgan fingerprint density at radius 3 is 2.48 bits per heavy atom. The topological polar surface area (TPSA) is 65.7 Å². The maximum absolute atomic E-state index is 12.5. The predicted octanol–water partition coefficient (Wildman–Crippen LogP) is 3.76. The Morgan fingerprint density at radius 1 is 1.10 bits per heavy atom. The molecule has 2 heterocycles. The van der Waals surface area contributed by atoms with Gasteiger partial charge in [0.25, 0.3) is 5.91 Å². The number of furan rings is 1. The lowest BCUT2D eigenvalue weighted by Crippen LogP contribution is -2.45. The molecule has 1 aliphatic heterocycles. The predicted molar refractivity (Wildman–Crippen MR) is 114 cm³/mol. The smallest absolute Gasteiger partial charge is 0.287 e. The average molecular weight is 392 g/mol. The minimum Gasteiger partial charge on any atom is -0.451 e. The lowest BCUT2D eigenvalue weighted by atomic mass is 9.84. The molecule has 4 rings (SSSR count). The zero-order valence-corrected chi connectivity index (χ0v) is 17.1. The molecule has 0 bridgehead atoms. The van der Waals surface area contributed by atoms with Crippen LogP contribution in [0.3, 0.4) is 0 Å². The molecule has 0 unspecified atom stereocenters. The molecular formula is C24H28N2O3. The molecule has 3 aromatic rings. The Labute approximate surface area is 171 Å². The summed E-state index contributed by atoms with van der Waals surface area (Å²) in [6.45, 7) is 6.90. The third kappa shape index (κ3) is 4.07. The van der Waals surface area contributed by atoms with Crippen LogP contribution in [0.15, 0.2) is 52.9 Å². The van der Waals surface area contributed by atoms with Crippen molar-refractivity contribution >= 4 is 16.9 Å². The van der Waals surface area contributed by atoms with Gasteiger partial charge in [0.05, 0.1) is 5.60 Å². The largest absolute Gasteiger partial charge is 0.451 e. The third-order valence-electron chi connectivity index (χ3n) is 6.04. The van der Waals surface area contributed by atoms with Gasteiger partial charge in [-0.15, -0.1) is 0 Å². The first-order valence-electron chi connectivity index (χ1n) is 10.2. The van der Waals surface area contributed by atoms with E-state index >= 15 is 0 Å². The first-order valence-corrected chi connectivity index (χ1v) is 10.2. The lowest BCUT2D eigenvalue weighted by molar-refractivity contribution is -0.0255. The Balaban J connectivity index is 1.29. The van der Waals surface area contributed by atoms with Gasteiger partial charge >= 0.3 is 0 Å². The highest BCUT2D eigenvalue weighted by molar-refractivity contribution is 5.98. The third-order valence-corrected chi connectivity index (χ3v) is 6.04. The summed E-state index contributed by atoms with van der Waals surface area (Å²) < 4.78 is 5.73. The molecule has 1 amide bonds. The second-order valence-electron chi connectivity index (χ2n) is 8.05. The monoisotopic (exact) mass is 392 g/mol. The molecule has 29 heavy (non-hydrogen) atoms. The summed E-state index contributed by atoms with van der Waals surface area (Å²) in [6.07, 6.45) is 1.40. The van der Waals surface area contributed by atoms with Crippen LogP contribution in [-0.4, -0.2) is 42.1 Å². The number of fused-ring (bicyclic) bond motifs is 1. The fraction of sp³-hybridized carbons (Fsp3) is 0.375. The molecule has 2 aromatic carbocycles. The fourth-order valence-electron chi connectivity index (χ4n) is 4.10. The van der Waals surface area contributed by atoms with Crippen molar-refractivity contribution in [1.29, 1.82) is 0 Å². The highest BCUT2D eigenvalue weighted by Gasteiger charge is 2.33. The minimum absolute atomic E-state index is 0.174. The van der Waals surface area contributed by atoms with Crippen molar-refractivity contribution in [3.8, 4) is 0 Å². The summed E-state index contributed by atoms with van der Waals surface area (Å²) in [5.41, 5.74) is 3.06. The normalized spacial score (nSPS) is 16.8. The molecule has 0 radical (unpaired) electrons. The van der Waals surface area contributed by atoms with E-state index in [1.807, 2.05) is 43.3 Å². The van der Waals surface area contributed by atoms with Gasteiger partial charge in [0, 0.05) is 37.1 Å². The molecule has 0 spiro atoms. The van der Waals surface area contributed by atoms with E-state index in [9.17, 15) is 9.90 Å². The van der Waals surface area contributed by atoms with Gasteiger partial charge in [-0.2, -0.15) is 0 Å². The van der Waals surface area contributed by atoms with Crippen molar-refractivity contribution in [3.05, 3.63) is 71.0 Å². The number of hydrogen-bond donors (Lipinski definition) is 2. The fourth-order valence-corrected chi connectivity index (χ4v) is 4.10. The Morgan fingerprint density at radius 2 is 1.79 bits per heavy atom. The number of aryl methyl sites for hydroxylation is 2. The van der Waals surface area contributed by atoms with E-state index in [0.717, 1.165) is 41.7 Å². The van der Waals surface area contributed by atoms with E-state index in [0.29, 0.717) is 25.1 Å². The first kappa shape index (κ1) is 19.7. The molecular weight excluding hydrogens is 364 g/mol. The summed E-state index contributed by atoms with van der Waals surface area (Å²) in [5, 5.41) is 15.0. The van der Waals surface area contributed by atoms with Gasteiger partial charge in [-0.1, -0.05) is 48.0 Å². The van der Waals surface area contributed by atoms with Gasteiger partial charge in [-0.3, -0.25) is 4.79 Å². The first-order chi connectivity index (χ1) is 14.0. The number of likely N-dealkylation sites (tertiary alicyclic amines) is 1. The van der Waals surface area contributed by atoms with E-state index < -0.39 is 5.60 Å². The van der Waals surface area contributed by atoms with E-state index in [4.69, 9.17) is 4.42 Å². The molecule has 1 aromatic heterocycles. The number of hydrogen-bond acceptors (Lipinski definition) is 4. The van der Waals surface area contributed by atoms with Crippen LogP contribution in [0.2, 0.25) is 0 Å². The number of rotatable bonds is 5. The molecule has 0 atom stereocenters. The van der Waals surface area contributed by atoms with Crippen molar-refractivity contribution in [2.75, 3.05) is 26.2 Å².